The summed E-state index contributed by atoms with van der Waals surface area (Å²) in [6.45, 7) is 18.8. The van der Waals surface area contributed by atoms with E-state index in [1.807, 2.05) is 0 Å². The zero-order valence-electron chi connectivity index (χ0n) is 13.8. The highest BCUT2D eigenvalue weighted by Gasteiger charge is 2.17. The van der Waals surface area contributed by atoms with E-state index in [-0.39, 0.29) is 0 Å². The van der Waals surface area contributed by atoms with Crippen LogP contribution >= 0.6 is 21.6 Å². The molecular formula is C16H34S2. The summed E-state index contributed by atoms with van der Waals surface area (Å²) in [5.74, 6) is 4.26. The zero-order chi connectivity index (χ0) is 14.4. The molecule has 0 aliphatic rings. The molecule has 0 aliphatic heterocycles. The quantitative estimate of drug-likeness (QED) is 0.387. The van der Waals surface area contributed by atoms with E-state index in [1.54, 1.807) is 0 Å². The molecule has 0 rings (SSSR count). The van der Waals surface area contributed by atoms with Gasteiger partial charge in [-0.2, -0.15) is 0 Å². The average Bonchev–Trinajstić information content (AvgIpc) is 2.06. The lowest BCUT2D eigenvalue weighted by molar-refractivity contribution is 0.322. The van der Waals surface area contributed by atoms with E-state index >= 15 is 0 Å². The Kier molecular flexibility index (Phi) is 8.41. The fraction of sp³-hybridized carbons (Fsp3) is 1.00. The second kappa shape index (κ2) is 8.09. The Bertz CT molecular complexity index is 186. The molecule has 0 saturated heterocycles. The maximum absolute atomic E-state index is 2.39. The highest BCUT2D eigenvalue weighted by Crippen LogP contribution is 2.33. The third-order valence-electron chi connectivity index (χ3n) is 2.71. The van der Waals surface area contributed by atoms with E-state index in [0.29, 0.717) is 10.8 Å². The first kappa shape index (κ1) is 18.7. The van der Waals surface area contributed by atoms with Crippen molar-refractivity contribution in [3.8, 4) is 0 Å². The van der Waals surface area contributed by atoms with Crippen LogP contribution in [0.5, 0.6) is 0 Å². The second-order valence-corrected chi connectivity index (χ2v) is 10.9. The summed E-state index contributed by atoms with van der Waals surface area (Å²) in [6, 6.07) is 0. The van der Waals surface area contributed by atoms with Gasteiger partial charge in [0.15, 0.2) is 0 Å². The van der Waals surface area contributed by atoms with Crippen LogP contribution in [-0.2, 0) is 0 Å². The maximum atomic E-state index is 2.39. The largest absolute Gasteiger partial charge is 0.0939 e. The Morgan fingerprint density at radius 1 is 0.667 bits per heavy atom. The van der Waals surface area contributed by atoms with Crippen molar-refractivity contribution in [1.29, 1.82) is 0 Å². The summed E-state index contributed by atoms with van der Waals surface area (Å²) in [5, 5.41) is 0. The minimum absolute atomic E-state index is 0.476. The summed E-state index contributed by atoms with van der Waals surface area (Å²) in [6.07, 6.45) is 2.66. The monoisotopic (exact) mass is 290 g/mol. The Morgan fingerprint density at radius 2 is 0.944 bits per heavy atom. The molecule has 0 bridgehead atoms. The Balaban J connectivity index is 3.62. The fourth-order valence-electron chi connectivity index (χ4n) is 2.54. The smallest absolute Gasteiger partial charge is 0.00628 e. The Hall–Kier alpha value is 0.700. The van der Waals surface area contributed by atoms with Crippen molar-refractivity contribution < 1.29 is 0 Å². The van der Waals surface area contributed by atoms with Crippen LogP contribution in [0.25, 0.3) is 0 Å². The first-order valence-electron chi connectivity index (χ1n) is 7.24. The molecule has 18 heavy (non-hydrogen) atoms. The predicted molar refractivity (Wildman–Crippen MR) is 91.4 cm³/mol. The first-order chi connectivity index (χ1) is 7.99. The lowest BCUT2D eigenvalue weighted by Gasteiger charge is -2.24. The van der Waals surface area contributed by atoms with Gasteiger partial charge in [0.2, 0.25) is 0 Å². The maximum Gasteiger partial charge on any atom is 0.00628 e. The lowest BCUT2D eigenvalue weighted by atomic mass is 9.86. The van der Waals surface area contributed by atoms with Gasteiger partial charge in [-0.3, -0.25) is 0 Å². The van der Waals surface area contributed by atoms with Gasteiger partial charge in [-0.05, 0) is 35.5 Å². The van der Waals surface area contributed by atoms with E-state index in [4.69, 9.17) is 0 Å². The van der Waals surface area contributed by atoms with Crippen LogP contribution in [0.2, 0.25) is 0 Å². The van der Waals surface area contributed by atoms with Gasteiger partial charge in [-0.1, -0.05) is 77.0 Å². The number of hydrogen-bond acceptors (Lipinski definition) is 2. The Morgan fingerprint density at radius 3 is 1.17 bits per heavy atom. The van der Waals surface area contributed by atoms with Gasteiger partial charge in [0.1, 0.15) is 0 Å². The standard InChI is InChI=1S/C16H34S2/c1-13(9-15(3,4)5)11-17-18-12-14(2)10-16(6,7)8/h13-14H,9-12H2,1-8H3. The zero-order valence-corrected chi connectivity index (χ0v) is 15.4. The van der Waals surface area contributed by atoms with Gasteiger partial charge < -0.3 is 0 Å². The molecule has 0 saturated carbocycles. The van der Waals surface area contributed by atoms with Crippen LogP contribution in [0, 0.1) is 22.7 Å². The Labute approximate surface area is 124 Å². The van der Waals surface area contributed by atoms with Gasteiger partial charge in [0.05, 0.1) is 0 Å². The molecule has 2 atom stereocenters. The van der Waals surface area contributed by atoms with Crippen LogP contribution < -0.4 is 0 Å². The van der Waals surface area contributed by atoms with Gasteiger partial charge in [-0.15, -0.1) is 0 Å². The van der Waals surface area contributed by atoms with Crippen molar-refractivity contribution in [1.82, 2.24) is 0 Å². The first-order valence-corrected chi connectivity index (χ1v) is 9.73. The molecule has 0 aromatic carbocycles. The molecule has 0 radical (unpaired) electrons. The van der Waals surface area contributed by atoms with E-state index in [9.17, 15) is 0 Å². The molecule has 0 aromatic heterocycles. The second-order valence-electron chi connectivity index (χ2n) is 8.31. The van der Waals surface area contributed by atoms with Crippen molar-refractivity contribution in [2.75, 3.05) is 11.5 Å². The van der Waals surface area contributed by atoms with E-state index in [2.05, 4.69) is 77.0 Å². The van der Waals surface area contributed by atoms with Crippen molar-refractivity contribution in [2.24, 2.45) is 22.7 Å². The van der Waals surface area contributed by atoms with Crippen molar-refractivity contribution in [3.05, 3.63) is 0 Å². The van der Waals surface area contributed by atoms with E-state index in [0.717, 1.165) is 11.8 Å². The lowest BCUT2D eigenvalue weighted by Crippen LogP contribution is -2.13. The third kappa shape index (κ3) is 13.1. The minimum atomic E-state index is 0.476. The number of rotatable bonds is 7. The predicted octanol–water partition coefficient (Wildman–Crippen LogP) is 6.51. The molecule has 0 fully saturated rings. The van der Waals surface area contributed by atoms with Gasteiger partial charge >= 0.3 is 0 Å². The highest BCUT2D eigenvalue weighted by atomic mass is 33.1. The summed E-state index contributed by atoms with van der Waals surface area (Å²) >= 11 is 0. The summed E-state index contributed by atoms with van der Waals surface area (Å²) in [4.78, 5) is 0. The topological polar surface area (TPSA) is 0 Å². The van der Waals surface area contributed by atoms with Gasteiger partial charge in [-0.25, -0.2) is 0 Å². The third-order valence-corrected chi connectivity index (χ3v) is 5.60. The van der Waals surface area contributed by atoms with Crippen LogP contribution in [0.1, 0.15) is 68.2 Å². The van der Waals surface area contributed by atoms with Crippen molar-refractivity contribution in [3.63, 3.8) is 0 Å². The molecule has 0 heterocycles. The molecule has 2 heteroatoms. The highest BCUT2D eigenvalue weighted by molar-refractivity contribution is 8.76. The summed E-state index contributed by atoms with van der Waals surface area (Å²) in [5.41, 5.74) is 0.953. The van der Waals surface area contributed by atoms with Crippen LogP contribution in [0.4, 0.5) is 0 Å². The molecule has 0 aliphatic carbocycles. The molecule has 0 nitrogen and oxygen atoms in total. The van der Waals surface area contributed by atoms with Gasteiger partial charge in [0, 0.05) is 11.5 Å². The molecule has 0 N–H and O–H groups in total. The molecule has 110 valence electrons. The van der Waals surface area contributed by atoms with Crippen LogP contribution in [0.3, 0.4) is 0 Å². The van der Waals surface area contributed by atoms with E-state index < -0.39 is 0 Å². The van der Waals surface area contributed by atoms with Crippen LogP contribution in [-0.4, -0.2) is 11.5 Å². The SMILES string of the molecule is CC(CSSCC(C)CC(C)(C)C)CC(C)(C)C. The molecule has 0 aromatic rings. The molecule has 0 spiro atoms. The van der Waals surface area contributed by atoms with Crippen molar-refractivity contribution in [2.45, 2.75) is 68.2 Å². The molecular weight excluding hydrogens is 256 g/mol. The summed E-state index contributed by atoms with van der Waals surface area (Å²) < 4.78 is 0. The average molecular weight is 291 g/mol. The van der Waals surface area contributed by atoms with Crippen molar-refractivity contribution >= 4 is 21.6 Å². The number of hydrogen-bond donors (Lipinski definition) is 0. The van der Waals surface area contributed by atoms with Gasteiger partial charge in [0.25, 0.3) is 0 Å². The summed E-state index contributed by atoms with van der Waals surface area (Å²) in [7, 11) is 4.15. The molecule has 0 amide bonds. The minimum Gasteiger partial charge on any atom is -0.0939 e. The van der Waals surface area contributed by atoms with Crippen LogP contribution in [0.15, 0.2) is 0 Å². The van der Waals surface area contributed by atoms with E-state index in [1.165, 1.54) is 24.3 Å². The normalized spacial score (nSPS) is 16.7. The molecule has 2 unspecified atom stereocenters. The fourth-order valence-corrected chi connectivity index (χ4v) is 5.40.